The first-order chi connectivity index (χ1) is 13.8. The van der Waals surface area contributed by atoms with Gasteiger partial charge in [-0.25, -0.2) is 4.39 Å². The second-order valence-electron chi connectivity index (χ2n) is 6.07. The molecule has 2 aromatic carbocycles. The van der Waals surface area contributed by atoms with Crippen molar-refractivity contribution in [1.82, 2.24) is 5.32 Å². The van der Waals surface area contributed by atoms with Crippen LogP contribution in [0.1, 0.15) is 18.9 Å². The van der Waals surface area contributed by atoms with E-state index in [0.29, 0.717) is 27.0 Å². The number of amidine groups is 1. The first kappa shape index (κ1) is 21.3. The fourth-order valence-corrected chi connectivity index (χ4v) is 3.63. The van der Waals surface area contributed by atoms with Crippen molar-refractivity contribution in [2.75, 3.05) is 5.32 Å². The van der Waals surface area contributed by atoms with Gasteiger partial charge in [-0.05, 0) is 42.8 Å². The first-order valence-electron chi connectivity index (χ1n) is 8.42. The molecule has 1 saturated heterocycles. The van der Waals surface area contributed by atoms with Gasteiger partial charge in [0.2, 0.25) is 11.8 Å². The standard InChI is InChI=1S/C19H15Cl2FN4O2S/c1-10(11-2-4-12(22)5-3-11)25-26-19-24-17(27)9-16(29-19)18(28)23-13-6-7-14(20)15(21)8-13/h2-8,16H,9H2,1H3,(H,23,28)(H,24,26,27)/b25-10+/t16-/m0/s1. The van der Waals surface area contributed by atoms with E-state index >= 15 is 0 Å². The van der Waals surface area contributed by atoms with Gasteiger partial charge in [0.25, 0.3) is 0 Å². The molecule has 2 amide bonds. The summed E-state index contributed by atoms with van der Waals surface area (Å²) < 4.78 is 13.0. The lowest BCUT2D eigenvalue weighted by molar-refractivity contribution is -0.123. The molecule has 0 unspecified atom stereocenters. The van der Waals surface area contributed by atoms with Crippen LogP contribution in [0.25, 0.3) is 0 Å². The molecule has 0 aliphatic carbocycles. The van der Waals surface area contributed by atoms with E-state index in [2.05, 4.69) is 20.8 Å². The minimum Gasteiger partial charge on any atom is -0.325 e. The third-order valence-corrected chi connectivity index (χ3v) is 5.71. The number of benzene rings is 2. The van der Waals surface area contributed by atoms with E-state index in [-0.39, 0.29) is 29.2 Å². The van der Waals surface area contributed by atoms with Crippen LogP contribution in [0.4, 0.5) is 10.1 Å². The van der Waals surface area contributed by atoms with Gasteiger partial charge in [0.15, 0.2) is 5.17 Å². The Bertz CT molecular complexity index is 1010. The molecule has 2 aromatic rings. The number of nitrogens with one attached hydrogen (secondary N) is 2. The van der Waals surface area contributed by atoms with Crippen LogP contribution < -0.4 is 10.6 Å². The number of hydrogen-bond donors (Lipinski definition) is 2. The van der Waals surface area contributed by atoms with Gasteiger partial charge in [-0.15, -0.1) is 5.10 Å². The number of thioether (sulfide) groups is 1. The smallest absolute Gasteiger partial charge is 0.238 e. The Morgan fingerprint density at radius 3 is 2.62 bits per heavy atom. The van der Waals surface area contributed by atoms with E-state index in [9.17, 15) is 14.0 Å². The molecule has 1 aliphatic rings. The molecule has 10 heteroatoms. The van der Waals surface area contributed by atoms with Crippen molar-refractivity contribution in [1.29, 1.82) is 0 Å². The van der Waals surface area contributed by atoms with Gasteiger partial charge < -0.3 is 10.6 Å². The van der Waals surface area contributed by atoms with Gasteiger partial charge in [-0.3, -0.25) is 9.59 Å². The Hall–Kier alpha value is -2.42. The van der Waals surface area contributed by atoms with Crippen molar-refractivity contribution in [2.45, 2.75) is 18.6 Å². The summed E-state index contributed by atoms with van der Waals surface area (Å²) in [6.45, 7) is 1.71. The molecule has 150 valence electrons. The topological polar surface area (TPSA) is 82.9 Å². The highest BCUT2D eigenvalue weighted by atomic mass is 35.5. The second-order valence-corrected chi connectivity index (χ2v) is 8.08. The summed E-state index contributed by atoms with van der Waals surface area (Å²) >= 11 is 12.9. The Kier molecular flexibility index (Phi) is 6.89. The zero-order chi connectivity index (χ0) is 21.0. The molecule has 6 nitrogen and oxygen atoms in total. The van der Waals surface area contributed by atoms with Crippen LogP contribution in [-0.2, 0) is 9.59 Å². The molecule has 1 aliphatic heterocycles. The van der Waals surface area contributed by atoms with Crippen molar-refractivity contribution in [3.8, 4) is 0 Å². The number of rotatable bonds is 4. The lowest BCUT2D eigenvalue weighted by atomic mass is 10.1. The summed E-state index contributed by atoms with van der Waals surface area (Å²) in [6.07, 6.45) is -0.00248. The van der Waals surface area contributed by atoms with Crippen LogP contribution in [0.5, 0.6) is 0 Å². The summed E-state index contributed by atoms with van der Waals surface area (Å²) in [4.78, 5) is 24.5. The normalized spacial score (nSPS) is 18.5. The quantitative estimate of drug-likeness (QED) is 0.529. The lowest BCUT2D eigenvalue weighted by Crippen LogP contribution is -2.41. The number of amides is 2. The maximum Gasteiger partial charge on any atom is 0.238 e. The van der Waals surface area contributed by atoms with Crippen LogP contribution in [-0.4, -0.2) is 27.9 Å². The number of carbonyl (C=O) groups is 2. The maximum atomic E-state index is 13.0. The minimum atomic E-state index is -0.682. The molecule has 1 atom stereocenters. The fraction of sp³-hybridized carbons (Fsp3) is 0.158. The van der Waals surface area contributed by atoms with E-state index in [1.807, 2.05) is 0 Å². The van der Waals surface area contributed by atoms with Gasteiger partial charge in [-0.2, -0.15) is 5.10 Å². The summed E-state index contributed by atoms with van der Waals surface area (Å²) in [7, 11) is 0. The zero-order valence-corrected chi connectivity index (χ0v) is 17.4. The predicted octanol–water partition coefficient (Wildman–Crippen LogP) is 4.47. The van der Waals surface area contributed by atoms with Crippen LogP contribution in [0, 0.1) is 5.82 Å². The summed E-state index contributed by atoms with van der Waals surface area (Å²) in [5, 5.41) is 13.6. The molecule has 0 bridgehead atoms. The number of anilines is 1. The van der Waals surface area contributed by atoms with Gasteiger partial charge in [0, 0.05) is 12.1 Å². The third-order valence-electron chi connectivity index (χ3n) is 3.90. The monoisotopic (exact) mass is 452 g/mol. The minimum absolute atomic E-state index is 0.00248. The van der Waals surface area contributed by atoms with Crippen molar-refractivity contribution in [3.05, 3.63) is 63.9 Å². The van der Waals surface area contributed by atoms with Gasteiger partial charge >= 0.3 is 0 Å². The zero-order valence-electron chi connectivity index (χ0n) is 15.1. The van der Waals surface area contributed by atoms with E-state index in [1.54, 1.807) is 31.2 Å². The number of nitrogens with zero attached hydrogens (tertiary/aromatic N) is 2. The Morgan fingerprint density at radius 2 is 1.93 bits per heavy atom. The van der Waals surface area contributed by atoms with Crippen LogP contribution in [0.2, 0.25) is 10.0 Å². The number of hydrogen-bond acceptors (Lipinski definition) is 5. The first-order valence-corrected chi connectivity index (χ1v) is 10.1. The Balaban J connectivity index is 1.70. The Labute approximate surface area is 180 Å². The second kappa shape index (κ2) is 9.39. The van der Waals surface area contributed by atoms with Crippen molar-refractivity contribution in [2.24, 2.45) is 10.2 Å². The highest BCUT2D eigenvalue weighted by Crippen LogP contribution is 2.27. The van der Waals surface area contributed by atoms with Crippen molar-refractivity contribution < 1.29 is 14.0 Å². The summed E-state index contributed by atoms with van der Waals surface area (Å²) in [5.74, 6) is -1.06. The van der Waals surface area contributed by atoms with E-state index in [1.165, 1.54) is 18.2 Å². The molecule has 0 saturated carbocycles. The molecule has 0 aromatic heterocycles. The highest BCUT2D eigenvalue weighted by Gasteiger charge is 2.30. The van der Waals surface area contributed by atoms with Crippen LogP contribution >= 0.6 is 35.0 Å². The molecule has 29 heavy (non-hydrogen) atoms. The summed E-state index contributed by atoms with van der Waals surface area (Å²) in [6, 6.07) is 10.5. The average molecular weight is 453 g/mol. The van der Waals surface area contributed by atoms with Gasteiger partial charge in [0.05, 0.1) is 15.8 Å². The highest BCUT2D eigenvalue weighted by molar-refractivity contribution is 8.15. The molecule has 3 rings (SSSR count). The Morgan fingerprint density at radius 1 is 1.21 bits per heavy atom. The van der Waals surface area contributed by atoms with Crippen molar-refractivity contribution in [3.63, 3.8) is 0 Å². The largest absolute Gasteiger partial charge is 0.325 e. The maximum absolute atomic E-state index is 13.0. The molecule has 0 radical (unpaired) electrons. The predicted molar refractivity (Wildman–Crippen MR) is 115 cm³/mol. The fourth-order valence-electron chi connectivity index (χ4n) is 2.41. The number of halogens is 3. The molecule has 1 heterocycles. The SMILES string of the molecule is C/C(=N\N=C1/NC(=O)C[C@@H](C(=O)Nc2ccc(Cl)c(Cl)c2)S1)c1ccc(F)cc1. The van der Waals surface area contributed by atoms with Gasteiger partial charge in [0.1, 0.15) is 11.1 Å². The van der Waals surface area contributed by atoms with Crippen LogP contribution in [0.3, 0.4) is 0 Å². The van der Waals surface area contributed by atoms with Crippen molar-refractivity contribution >= 4 is 63.3 Å². The number of carbonyl (C=O) groups excluding carboxylic acids is 2. The average Bonchev–Trinajstić information content (AvgIpc) is 2.69. The van der Waals surface area contributed by atoms with E-state index in [0.717, 1.165) is 11.8 Å². The lowest BCUT2D eigenvalue weighted by Gasteiger charge is -2.21. The van der Waals surface area contributed by atoms with E-state index in [4.69, 9.17) is 23.2 Å². The van der Waals surface area contributed by atoms with Gasteiger partial charge in [-0.1, -0.05) is 47.1 Å². The molecule has 2 N–H and O–H groups in total. The third kappa shape index (κ3) is 5.79. The molecule has 0 spiro atoms. The molecule has 1 fully saturated rings. The van der Waals surface area contributed by atoms with Crippen LogP contribution in [0.15, 0.2) is 52.7 Å². The van der Waals surface area contributed by atoms with E-state index < -0.39 is 5.25 Å². The summed E-state index contributed by atoms with van der Waals surface area (Å²) in [5.41, 5.74) is 1.70. The molecular weight excluding hydrogens is 438 g/mol. The molecular formula is C19H15Cl2FN4O2S.